The highest BCUT2D eigenvalue weighted by atomic mass is 28.4. The van der Waals surface area contributed by atoms with E-state index in [-0.39, 0.29) is 30.1 Å². The fraction of sp³-hybridized carbons (Fsp3) is 0.857. The summed E-state index contributed by atoms with van der Waals surface area (Å²) in [4.78, 5) is 25.4. The monoisotopic (exact) mass is 348 g/mol. The number of carbonyl (C=O) groups is 2. The zero-order chi connectivity index (χ0) is 17.6. The molecular weight excluding hydrogens is 320 g/mol. The number of methoxy groups -OCH3 is 1. The number of amides is 1. The Morgan fingerprint density at radius 3 is 2.30 bits per heavy atom. The molecule has 0 saturated carbocycles. The molecule has 1 aliphatic rings. The van der Waals surface area contributed by atoms with Crippen LogP contribution in [0.5, 0.6) is 0 Å². The van der Waals surface area contributed by atoms with E-state index in [9.17, 15) is 9.59 Å². The van der Waals surface area contributed by atoms with E-state index in [1.165, 1.54) is 7.11 Å². The van der Waals surface area contributed by atoms with Gasteiger partial charge in [0.1, 0.15) is 0 Å². The number of hydrogen-bond acceptors (Lipinski definition) is 7. The second-order valence-electron chi connectivity index (χ2n) is 5.49. The molecule has 9 heteroatoms. The van der Waals surface area contributed by atoms with Crippen LogP contribution in [-0.4, -0.2) is 72.4 Å². The molecule has 1 aliphatic heterocycles. The van der Waals surface area contributed by atoms with Gasteiger partial charge in [0.2, 0.25) is 5.91 Å². The molecule has 1 saturated heterocycles. The summed E-state index contributed by atoms with van der Waals surface area (Å²) in [5.74, 6) is -0.838. The first kappa shape index (κ1) is 20.0. The minimum absolute atomic E-state index is 0.0743. The number of hydrogen-bond donors (Lipinski definition) is 1. The van der Waals surface area contributed by atoms with Crippen LogP contribution in [0.1, 0.15) is 26.7 Å². The maximum absolute atomic E-state index is 12.2. The fourth-order valence-electron chi connectivity index (χ4n) is 2.96. The van der Waals surface area contributed by atoms with Gasteiger partial charge in [0.25, 0.3) is 0 Å². The standard InChI is InChI=1S/C14H28N2O6Si/c1-7-12(23(20-4,21-5)22-6)15-10(2)16-9-11(8-13(16)17)14(18)19-3/h10-12,15H,7-9H2,1-6H3. The van der Waals surface area contributed by atoms with E-state index in [0.29, 0.717) is 13.0 Å². The smallest absolute Gasteiger partial charge is 0.469 e. The second-order valence-corrected chi connectivity index (χ2v) is 8.62. The van der Waals surface area contributed by atoms with Crippen molar-refractivity contribution in [3.8, 4) is 0 Å². The summed E-state index contributed by atoms with van der Waals surface area (Å²) in [5, 5.41) is 3.35. The lowest BCUT2D eigenvalue weighted by Crippen LogP contribution is -2.63. The third kappa shape index (κ3) is 4.30. The number of rotatable bonds is 9. The molecule has 1 heterocycles. The van der Waals surface area contributed by atoms with Crippen LogP contribution in [0.4, 0.5) is 0 Å². The molecule has 8 nitrogen and oxygen atoms in total. The number of nitrogens with zero attached hydrogens (tertiary/aromatic N) is 1. The molecule has 0 radical (unpaired) electrons. The molecule has 0 aromatic carbocycles. The minimum Gasteiger partial charge on any atom is -0.469 e. The Morgan fingerprint density at radius 2 is 1.87 bits per heavy atom. The Balaban J connectivity index is 2.79. The lowest BCUT2D eigenvalue weighted by molar-refractivity contribution is -0.145. The van der Waals surface area contributed by atoms with Crippen molar-refractivity contribution < 1.29 is 27.6 Å². The van der Waals surface area contributed by atoms with Crippen LogP contribution in [0.2, 0.25) is 0 Å². The van der Waals surface area contributed by atoms with Crippen molar-refractivity contribution in [1.29, 1.82) is 0 Å². The van der Waals surface area contributed by atoms with Gasteiger partial charge in [-0.3, -0.25) is 14.9 Å². The summed E-state index contributed by atoms with van der Waals surface area (Å²) in [6, 6.07) is 0. The molecule has 3 atom stereocenters. The highest BCUT2D eigenvalue weighted by Crippen LogP contribution is 2.22. The van der Waals surface area contributed by atoms with Crippen LogP contribution in [0, 0.1) is 5.92 Å². The molecular formula is C14H28N2O6Si. The molecule has 1 fully saturated rings. The lowest BCUT2D eigenvalue weighted by Gasteiger charge is -2.36. The van der Waals surface area contributed by atoms with Crippen molar-refractivity contribution >= 4 is 20.7 Å². The van der Waals surface area contributed by atoms with Crippen molar-refractivity contribution in [3.63, 3.8) is 0 Å². The molecule has 3 unspecified atom stereocenters. The van der Waals surface area contributed by atoms with Crippen molar-refractivity contribution in [2.75, 3.05) is 35.0 Å². The average Bonchev–Trinajstić information content (AvgIpc) is 2.96. The fourth-order valence-corrected chi connectivity index (χ4v) is 5.26. The van der Waals surface area contributed by atoms with Crippen molar-refractivity contribution in [3.05, 3.63) is 0 Å². The van der Waals surface area contributed by atoms with Crippen molar-refractivity contribution in [2.45, 2.75) is 38.5 Å². The third-order valence-electron chi connectivity index (χ3n) is 4.29. The van der Waals surface area contributed by atoms with Gasteiger partial charge in [-0.2, -0.15) is 0 Å². The second kappa shape index (κ2) is 8.74. The van der Waals surface area contributed by atoms with Crippen LogP contribution in [0.25, 0.3) is 0 Å². The van der Waals surface area contributed by atoms with E-state index in [2.05, 4.69) is 5.32 Å². The lowest BCUT2D eigenvalue weighted by atomic mass is 10.1. The maximum atomic E-state index is 12.2. The molecule has 1 rings (SSSR count). The normalized spacial score (nSPS) is 21.4. The number of esters is 1. The minimum atomic E-state index is -2.87. The summed E-state index contributed by atoms with van der Waals surface area (Å²) in [6.07, 6.45) is 0.625. The first-order chi connectivity index (χ1) is 10.9. The van der Waals surface area contributed by atoms with E-state index in [1.807, 2.05) is 13.8 Å². The van der Waals surface area contributed by atoms with E-state index in [0.717, 1.165) is 0 Å². The van der Waals surface area contributed by atoms with Crippen LogP contribution < -0.4 is 5.32 Å². The van der Waals surface area contributed by atoms with Gasteiger partial charge in [0.15, 0.2) is 0 Å². The number of ether oxygens (including phenoxy) is 1. The summed E-state index contributed by atoms with van der Waals surface area (Å²) < 4.78 is 21.3. The predicted octanol–water partition coefficient (Wildman–Crippen LogP) is 0.139. The number of likely N-dealkylation sites (tertiary alicyclic amines) is 1. The summed E-state index contributed by atoms with van der Waals surface area (Å²) in [6.45, 7) is 4.21. The Bertz CT molecular complexity index is 410. The quantitative estimate of drug-likeness (QED) is 0.468. The van der Waals surface area contributed by atoms with E-state index in [4.69, 9.17) is 18.0 Å². The summed E-state index contributed by atoms with van der Waals surface area (Å²) in [7, 11) is 3.14. The number of nitrogens with one attached hydrogen (secondary N) is 1. The average molecular weight is 348 g/mol. The first-order valence-corrected chi connectivity index (χ1v) is 9.48. The van der Waals surface area contributed by atoms with E-state index >= 15 is 0 Å². The highest BCUT2D eigenvalue weighted by Gasteiger charge is 2.48. The Labute approximate surface area is 138 Å². The van der Waals surface area contributed by atoms with Gasteiger partial charge in [-0.05, 0) is 13.3 Å². The topological polar surface area (TPSA) is 86.3 Å². The van der Waals surface area contributed by atoms with Crippen LogP contribution >= 0.6 is 0 Å². The molecule has 0 spiro atoms. The van der Waals surface area contributed by atoms with Crippen molar-refractivity contribution in [2.24, 2.45) is 5.92 Å². The molecule has 134 valence electrons. The Morgan fingerprint density at radius 1 is 1.30 bits per heavy atom. The van der Waals surface area contributed by atoms with Crippen LogP contribution in [0.15, 0.2) is 0 Å². The summed E-state index contributed by atoms with van der Waals surface area (Å²) in [5.41, 5.74) is -0.164. The molecule has 0 aromatic rings. The maximum Gasteiger partial charge on any atom is 0.518 e. The van der Waals surface area contributed by atoms with Gasteiger partial charge in [-0.25, -0.2) is 0 Å². The predicted molar refractivity (Wildman–Crippen MR) is 85.3 cm³/mol. The zero-order valence-electron chi connectivity index (χ0n) is 14.8. The molecule has 23 heavy (non-hydrogen) atoms. The molecule has 1 N–H and O–H groups in total. The van der Waals surface area contributed by atoms with Gasteiger partial charge >= 0.3 is 14.8 Å². The molecule has 1 amide bonds. The zero-order valence-corrected chi connectivity index (χ0v) is 15.8. The first-order valence-electron chi connectivity index (χ1n) is 7.67. The molecule has 0 aromatic heterocycles. The Kier molecular flexibility index (Phi) is 7.61. The van der Waals surface area contributed by atoms with Gasteiger partial charge in [-0.1, -0.05) is 6.92 Å². The largest absolute Gasteiger partial charge is 0.518 e. The van der Waals surface area contributed by atoms with E-state index < -0.39 is 14.7 Å². The molecule has 0 aliphatic carbocycles. The van der Waals surface area contributed by atoms with Gasteiger partial charge in [0.05, 0.1) is 24.9 Å². The SMILES string of the molecule is CCC(NC(C)N1CC(C(=O)OC)CC1=O)[Si](OC)(OC)OC. The van der Waals surface area contributed by atoms with Gasteiger partial charge in [-0.15, -0.1) is 0 Å². The van der Waals surface area contributed by atoms with Crippen LogP contribution in [-0.2, 0) is 27.6 Å². The summed E-state index contributed by atoms with van der Waals surface area (Å²) >= 11 is 0. The van der Waals surface area contributed by atoms with E-state index in [1.54, 1.807) is 26.2 Å². The Hall–Kier alpha value is -1.00. The highest BCUT2D eigenvalue weighted by molar-refractivity contribution is 6.62. The van der Waals surface area contributed by atoms with Crippen LogP contribution in [0.3, 0.4) is 0 Å². The van der Waals surface area contributed by atoms with Crippen molar-refractivity contribution in [1.82, 2.24) is 10.2 Å². The molecule has 0 bridgehead atoms. The van der Waals surface area contributed by atoms with Gasteiger partial charge < -0.3 is 22.9 Å². The number of carbonyl (C=O) groups excluding carboxylic acids is 2. The third-order valence-corrected chi connectivity index (χ3v) is 7.43. The van der Waals surface area contributed by atoms with Gasteiger partial charge in [0, 0.05) is 34.3 Å².